The molecule has 0 saturated carbocycles. The van der Waals surface area contributed by atoms with E-state index in [4.69, 9.17) is 16.3 Å². The molecule has 0 heterocycles. The Labute approximate surface area is 160 Å². The van der Waals surface area contributed by atoms with Crippen molar-refractivity contribution in [3.8, 4) is 5.75 Å². The van der Waals surface area contributed by atoms with E-state index in [1.54, 1.807) is 48.5 Å². The third kappa shape index (κ3) is 6.44. The zero-order chi connectivity index (χ0) is 19.6. The first-order chi connectivity index (χ1) is 13.0. The average Bonchev–Trinajstić information content (AvgIpc) is 2.68. The van der Waals surface area contributed by atoms with Crippen molar-refractivity contribution in [1.82, 2.24) is 10.7 Å². The summed E-state index contributed by atoms with van der Waals surface area (Å²) in [4.78, 5) is 34.1. The molecular formula is C18H17ClN4O4. The number of likely N-dealkylation sites (N-methyl/N-ethyl adjacent to an activating group) is 1. The Morgan fingerprint density at radius 1 is 1.07 bits per heavy atom. The van der Waals surface area contributed by atoms with Crippen LogP contribution in [0.3, 0.4) is 0 Å². The Morgan fingerprint density at radius 3 is 2.44 bits per heavy atom. The van der Waals surface area contributed by atoms with Crippen LogP contribution in [-0.2, 0) is 14.4 Å². The topological polar surface area (TPSA) is 109 Å². The number of nitrogens with one attached hydrogen (secondary N) is 3. The molecule has 8 nitrogen and oxygen atoms in total. The lowest BCUT2D eigenvalue weighted by molar-refractivity contribution is -0.138. The number of halogens is 1. The predicted octanol–water partition coefficient (Wildman–Crippen LogP) is 1.55. The lowest BCUT2D eigenvalue weighted by Crippen LogP contribution is -2.35. The van der Waals surface area contributed by atoms with E-state index in [9.17, 15) is 14.4 Å². The number of nitrogens with zero attached hydrogens (tertiary/aromatic N) is 1. The monoisotopic (exact) mass is 388 g/mol. The van der Waals surface area contributed by atoms with Gasteiger partial charge in [0.05, 0.1) is 16.9 Å². The molecule has 0 radical (unpaired) electrons. The Hall–Kier alpha value is -3.39. The molecule has 0 bridgehead atoms. The molecule has 3 amide bonds. The molecule has 2 aromatic rings. The minimum atomic E-state index is -0.863. The molecular weight excluding hydrogens is 372 g/mol. The number of ether oxygens (including phenoxy) is 1. The van der Waals surface area contributed by atoms with Gasteiger partial charge in [0.2, 0.25) is 0 Å². The van der Waals surface area contributed by atoms with Crippen molar-refractivity contribution in [2.45, 2.75) is 0 Å². The number of rotatable bonds is 6. The largest absolute Gasteiger partial charge is 0.484 e. The van der Waals surface area contributed by atoms with Gasteiger partial charge in [-0.2, -0.15) is 5.10 Å². The lowest BCUT2D eigenvalue weighted by atomic mass is 10.2. The number of carbonyl (C=O) groups excluding carboxylic acids is 3. The first kappa shape index (κ1) is 19.9. The van der Waals surface area contributed by atoms with Crippen molar-refractivity contribution < 1.29 is 19.1 Å². The van der Waals surface area contributed by atoms with Gasteiger partial charge in [-0.05, 0) is 42.0 Å². The number of anilines is 1. The molecule has 0 atom stereocenters. The first-order valence-corrected chi connectivity index (χ1v) is 8.19. The van der Waals surface area contributed by atoms with Crippen LogP contribution >= 0.6 is 11.6 Å². The minimum Gasteiger partial charge on any atom is -0.484 e. The second-order valence-electron chi connectivity index (χ2n) is 5.16. The zero-order valence-corrected chi connectivity index (χ0v) is 15.1. The maximum Gasteiger partial charge on any atom is 0.329 e. The molecule has 2 aromatic carbocycles. The SMILES string of the molecule is CNC(=O)C(=O)N/N=C\c1ccc(OCC(=O)Nc2ccccc2Cl)cc1. The molecule has 2 rings (SSSR count). The molecule has 0 unspecified atom stereocenters. The van der Waals surface area contributed by atoms with Crippen molar-refractivity contribution in [3.05, 3.63) is 59.1 Å². The van der Waals surface area contributed by atoms with Gasteiger partial charge in [-0.1, -0.05) is 23.7 Å². The number of carbonyl (C=O) groups is 3. The highest BCUT2D eigenvalue weighted by molar-refractivity contribution is 6.35. The van der Waals surface area contributed by atoms with E-state index in [0.29, 0.717) is 22.0 Å². The second-order valence-corrected chi connectivity index (χ2v) is 5.57. The average molecular weight is 389 g/mol. The number of hydrogen-bond donors (Lipinski definition) is 3. The van der Waals surface area contributed by atoms with Crippen LogP contribution in [-0.4, -0.2) is 37.6 Å². The second kappa shape index (κ2) is 9.93. The summed E-state index contributed by atoms with van der Waals surface area (Å²) in [7, 11) is 1.35. The van der Waals surface area contributed by atoms with E-state index >= 15 is 0 Å². The van der Waals surface area contributed by atoms with Crippen molar-refractivity contribution in [1.29, 1.82) is 0 Å². The number of amides is 3. The standard InChI is InChI=1S/C18H17ClN4O4/c1-20-17(25)18(26)23-21-10-12-6-8-13(9-7-12)27-11-16(24)22-15-5-3-2-4-14(15)19/h2-10H,11H2,1H3,(H,20,25)(H,22,24)(H,23,26)/b21-10-. The fourth-order valence-corrected chi connectivity index (χ4v) is 2.06. The van der Waals surface area contributed by atoms with E-state index in [1.165, 1.54) is 13.3 Å². The highest BCUT2D eigenvalue weighted by atomic mass is 35.5. The quantitative estimate of drug-likeness (QED) is 0.396. The van der Waals surface area contributed by atoms with Crippen molar-refractivity contribution in [3.63, 3.8) is 0 Å². The molecule has 0 aliphatic heterocycles. The number of hydrogen-bond acceptors (Lipinski definition) is 5. The van der Waals surface area contributed by atoms with E-state index in [1.807, 2.05) is 0 Å². The summed E-state index contributed by atoms with van der Waals surface area (Å²) in [6.45, 7) is -0.180. The first-order valence-electron chi connectivity index (χ1n) is 7.82. The van der Waals surface area contributed by atoms with Crippen LogP contribution in [0.25, 0.3) is 0 Å². The minimum absolute atomic E-state index is 0.180. The van der Waals surface area contributed by atoms with E-state index in [-0.39, 0.29) is 12.5 Å². The number of benzene rings is 2. The molecule has 27 heavy (non-hydrogen) atoms. The van der Waals surface area contributed by atoms with Crippen molar-refractivity contribution in [2.24, 2.45) is 5.10 Å². The molecule has 140 valence electrons. The van der Waals surface area contributed by atoms with Gasteiger partial charge in [0.1, 0.15) is 5.75 Å². The van der Waals surface area contributed by atoms with Crippen LogP contribution in [0.1, 0.15) is 5.56 Å². The Morgan fingerprint density at radius 2 is 1.78 bits per heavy atom. The molecule has 0 spiro atoms. The van der Waals surface area contributed by atoms with Gasteiger partial charge in [-0.15, -0.1) is 0 Å². The van der Waals surface area contributed by atoms with Crippen LogP contribution in [0.15, 0.2) is 53.6 Å². The highest BCUT2D eigenvalue weighted by Gasteiger charge is 2.09. The van der Waals surface area contributed by atoms with Crippen LogP contribution in [0.5, 0.6) is 5.75 Å². The third-order valence-electron chi connectivity index (χ3n) is 3.21. The Balaban J connectivity index is 1.81. The van der Waals surface area contributed by atoms with Gasteiger partial charge in [0, 0.05) is 7.05 Å². The summed E-state index contributed by atoms with van der Waals surface area (Å²) >= 11 is 5.97. The Kier molecular flexibility index (Phi) is 7.33. The summed E-state index contributed by atoms with van der Waals surface area (Å²) in [5.74, 6) is -1.51. The molecule has 9 heteroatoms. The summed E-state index contributed by atoms with van der Waals surface area (Å²) in [6.07, 6.45) is 1.37. The van der Waals surface area contributed by atoms with Gasteiger partial charge in [-0.25, -0.2) is 5.43 Å². The molecule has 0 aromatic heterocycles. The lowest BCUT2D eigenvalue weighted by Gasteiger charge is -2.08. The van der Waals surface area contributed by atoms with Crippen LogP contribution < -0.4 is 20.8 Å². The number of hydrazone groups is 1. The van der Waals surface area contributed by atoms with Crippen LogP contribution in [0.4, 0.5) is 5.69 Å². The molecule has 0 fully saturated rings. The van der Waals surface area contributed by atoms with Gasteiger partial charge < -0.3 is 15.4 Å². The Bertz CT molecular complexity index is 853. The van der Waals surface area contributed by atoms with Gasteiger partial charge in [-0.3, -0.25) is 14.4 Å². The van der Waals surface area contributed by atoms with E-state index in [0.717, 1.165) is 0 Å². The molecule has 3 N–H and O–H groups in total. The van der Waals surface area contributed by atoms with Crippen molar-refractivity contribution >= 4 is 41.2 Å². The molecule has 0 saturated heterocycles. The van der Waals surface area contributed by atoms with Gasteiger partial charge in [0.15, 0.2) is 6.61 Å². The number of para-hydroxylation sites is 1. The van der Waals surface area contributed by atoms with Crippen LogP contribution in [0.2, 0.25) is 5.02 Å². The van der Waals surface area contributed by atoms with E-state index in [2.05, 4.69) is 21.2 Å². The molecule has 0 aliphatic carbocycles. The van der Waals surface area contributed by atoms with Gasteiger partial charge in [0.25, 0.3) is 5.91 Å². The van der Waals surface area contributed by atoms with Gasteiger partial charge >= 0.3 is 11.8 Å². The predicted molar refractivity (Wildman–Crippen MR) is 102 cm³/mol. The zero-order valence-electron chi connectivity index (χ0n) is 14.4. The van der Waals surface area contributed by atoms with Crippen LogP contribution in [0, 0.1) is 0 Å². The summed E-state index contributed by atoms with van der Waals surface area (Å²) in [6, 6.07) is 13.5. The normalized spacial score (nSPS) is 10.3. The highest BCUT2D eigenvalue weighted by Crippen LogP contribution is 2.20. The maximum atomic E-state index is 11.9. The van der Waals surface area contributed by atoms with E-state index < -0.39 is 11.8 Å². The summed E-state index contributed by atoms with van der Waals surface area (Å²) in [5.41, 5.74) is 3.27. The van der Waals surface area contributed by atoms with Crippen molar-refractivity contribution in [2.75, 3.05) is 19.0 Å². The fourth-order valence-electron chi connectivity index (χ4n) is 1.88. The summed E-state index contributed by atoms with van der Waals surface area (Å²) in [5, 5.41) is 8.94. The smallest absolute Gasteiger partial charge is 0.329 e. The molecule has 0 aliphatic rings. The third-order valence-corrected chi connectivity index (χ3v) is 3.54. The fraction of sp³-hybridized carbons (Fsp3) is 0.111. The maximum absolute atomic E-state index is 11.9. The summed E-state index contributed by atoms with van der Waals surface area (Å²) < 4.78 is 5.40.